The van der Waals surface area contributed by atoms with Crippen molar-refractivity contribution in [3.05, 3.63) is 39.3 Å². The van der Waals surface area contributed by atoms with E-state index in [0.29, 0.717) is 11.2 Å². The average Bonchev–Trinajstić information content (AvgIpc) is 3.03. The Morgan fingerprint density at radius 3 is 3.09 bits per heavy atom. The molecule has 0 unspecified atom stereocenters. The van der Waals surface area contributed by atoms with Crippen LogP contribution >= 0.6 is 11.8 Å². The smallest absolute Gasteiger partial charge is 0.254 e. The molecule has 4 rings (SSSR count). The first kappa shape index (κ1) is 14.0. The molecule has 1 saturated heterocycles. The summed E-state index contributed by atoms with van der Waals surface area (Å²) in [6.07, 6.45) is 4.70. The van der Waals surface area contributed by atoms with Gasteiger partial charge in [-0.2, -0.15) is 0 Å². The summed E-state index contributed by atoms with van der Waals surface area (Å²) in [6, 6.07) is 0.392. The van der Waals surface area contributed by atoms with Crippen LogP contribution in [-0.4, -0.2) is 32.7 Å². The second kappa shape index (κ2) is 5.55. The van der Waals surface area contributed by atoms with Gasteiger partial charge in [0.2, 0.25) is 0 Å². The fourth-order valence-corrected chi connectivity index (χ4v) is 3.95. The number of ether oxygens (including phenoxy) is 1. The molecule has 7 heteroatoms. The molecule has 1 N–H and O–H groups in total. The minimum absolute atomic E-state index is 0.0302. The van der Waals surface area contributed by atoms with Crippen LogP contribution in [0.3, 0.4) is 0 Å². The Labute approximate surface area is 132 Å². The molecule has 0 spiro atoms. The number of imidazole rings is 1. The van der Waals surface area contributed by atoms with Gasteiger partial charge in [-0.3, -0.25) is 4.79 Å². The van der Waals surface area contributed by atoms with Gasteiger partial charge in [0.05, 0.1) is 42.7 Å². The van der Waals surface area contributed by atoms with Gasteiger partial charge in [0, 0.05) is 11.3 Å². The van der Waals surface area contributed by atoms with E-state index in [-0.39, 0.29) is 5.56 Å². The second-order valence-electron chi connectivity index (χ2n) is 5.81. The Kier molecular flexibility index (Phi) is 3.54. The maximum atomic E-state index is 12.0. The van der Waals surface area contributed by atoms with Gasteiger partial charge in [-0.15, -0.1) is 0 Å². The number of aryl methyl sites for hydroxylation is 2. The highest BCUT2D eigenvalue weighted by Gasteiger charge is 2.24. The maximum absolute atomic E-state index is 12.0. The summed E-state index contributed by atoms with van der Waals surface area (Å²) in [5.41, 5.74) is 4.09. The van der Waals surface area contributed by atoms with E-state index in [4.69, 9.17) is 4.74 Å². The van der Waals surface area contributed by atoms with Gasteiger partial charge < -0.3 is 14.3 Å². The minimum Gasteiger partial charge on any atom is -0.377 e. The fourth-order valence-electron chi connectivity index (χ4n) is 2.98. The normalized spacial score (nSPS) is 17.5. The number of hydrogen-bond donors (Lipinski definition) is 1. The number of aromatic amines is 1. The predicted molar refractivity (Wildman–Crippen MR) is 83.3 cm³/mol. The highest BCUT2D eigenvalue weighted by Crippen LogP contribution is 2.27. The molecule has 2 aromatic heterocycles. The third-order valence-electron chi connectivity index (χ3n) is 4.38. The molecule has 0 aromatic carbocycles. The van der Waals surface area contributed by atoms with Gasteiger partial charge in [0.15, 0.2) is 5.16 Å². The van der Waals surface area contributed by atoms with Crippen molar-refractivity contribution < 1.29 is 4.74 Å². The van der Waals surface area contributed by atoms with Crippen molar-refractivity contribution in [3.8, 4) is 0 Å². The van der Waals surface area contributed by atoms with E-state index in [1.807, 2.05) is 13.3 Å². The van der Waals surface area contributed by atoms with Crippen LogP contribution < -0.4 is 5.56 Å². The van der Waals surface area contributed by atoms with E-state index in [0.717, 1.165) is 55.2 Å². The lowest BCUT2D eigenvalue weighted by atomic mass is 10.2. The van der Waals surface area contributed by atoms with E-state index < -0.39 is 0 Å². The lowest BCUT2D eigenvalue weighted by molar-refractivity contribution is -0.0242. The van der Waals surface area contributed by atoms with Crippen molar-refractivity contribution in [2.45, 2.75) is 43.1 Å². The molecular weight excluding hydrogens is 300 g/mol. The zero-order valence-electron chi connectivity index (χ0n) is 12.5. The number of nitrogens with one attached hydrogen (secondary N) is 1. The zero-order chi connectivity index (χ0) is 15.1. The molecule has 1 aliphatic heterocycles. The van der Waals surface area contributed by atoms with E-state index in [9.17, 15) is 4.79 Å². The zero-order valence-corrected chi connectivity index (χ0v) is 13.3. The second-order valence-corrected chi connectivity index (χ2v) is 6.78. The number of fused-ring (bicyclic) bond motifs is 1. The Bertz CT molecular complexity index is 763. The minimum atomic E-state index is 0.0302. The van der Waals surface area contributed by atoms with Crippen molar-refractivity contribution in [1.82, 2.24) is 19.5 Å². The van der Waals surface area contributed by atoms with Crippen LogP contribution in [0.25, 0.3) is 0 Å². The fraction of sp³-hybridized carbons (Fsp3) is 0.533. The lowest BCUT2D eigenvalue weighted by Gasteiger charge is -2.28. The predicted octanol–water partition coefficient (Wildman–Crippen LogP) is 1.63. The summed E-state index contributed by atoms with van der Waals surface area (Å²) < 4.78 is 7.46. The van der Waals surface area contributed by atoms with Crippen LogP contribution in [0.2, 0.25) is 0 Å². The topological polar surface area (TPSA) is 72.8 Å². The molecule has 22 heavy (non-hydrogen) atoms. The largest absolute Gasteiger partial charge is 0.377 e. The van der Waals surface area contributed by atoms with Crippen molar-refractivity contribution >= 4 is 11.8 Å². The Morgan fingerprint density at radius 2 is 2.32 bits per heavy atom. The summed E-state index contributed by atoms with van der Waals surface area (Å²) in [5, 5.41) is 0.711. The molecule has 116 valence electrons. The van der Waals surface area contributed by atoms with Gasteiger partial charge in [0.1, 0.15) is 0 Å². The quantitative estimate of drug-likeness (QED) is 0.685. The molecule has 0 saturated carbocycles. The first-order valence-electron chi connectivity index (χ1n) is 7.57. The van der Waals surface area contributed by atoms with Gasteiger partial charge in [-0.25, -0.2) is 9.97 Å². The standard InChI is InChI=1S/C15H18N4O2S/c1-9-13(19(8-16-9)10-5-21-6-10)7-22-15-17-12-4-2-3-11(12)14(20)18-15/h8,10H,2-7H2,1H3,(H,17,18,20). The number of hydrogen-bond acceptors (Lipinski definition) is 5. The highest BCUT2D eigenvalue weighted by atomic mass is 32.2. The molecule has 3 heterocycles. The van der Waals surface area contributed by atoms with Crippen LogP contribution in [0.15, 0.2) is 16.3 Å². The van der Waals surface area contributed by atoms with Gasteiger partial charge in [-0.1, -0.05) is 11.8 Å². The molecule has 2 aliphatic rings. The number of thioether (sulfide) groups is 1. The van der Waals surface area contributed by atoms with E-state index >= 15 is 0 Å². The Morgan fingerprint density at radius 1 is 1.45 bits per heavy atom. The average molecular weight is 318 g/mol. The number of rotatable bonds is 4. The van der Waals surface area contributed by atoms with E-state index in [1.165, 1.54) is 5.69 Å². The number of nitrogens with zero attached hydrogens (tertiary/aromatic N) is 3. The molecule has 1 fully saturated rings. The SMILES string of the molecule is Cc1ncn(C2COC2)c1CSc1nc2c(c(=O)[nH]1)CCC2. The molecule has 6 nitrogen and oxygen atoms in total. The van der Waals surface area contributed by atoms with Crippen LogP contribution in [0.5, 0.6) is 0 Å². The molecule has 0 radical (unpaired) electrons. The highest BCUT2D eigenvalue weighted by molar-refractivity contribution is 7.98. The van der Waals surface area contributed by atoms with E-state index in [1.54, 1.807) is 11.8 Å². The van der Waals surface area contributed by atoms with Crippen LogP contribution in [0.1, 0.15) is 35.1 Å². The summed E-state index contributed by atoms with van der Waals surface area (Å²) in [5.74, 6) is 0.754. The van der Waals surface area contributed by atoms with Crippen molar-refractivity contribution in [3.63, 3.8) is 0 Å². The van der Waals surface area contributed by atoms with E-state index in [2.05, 4.69) is 19.5 Å². The lowest BCUT2D eigenvalue weighted by Crippen LogP contribution is -2.31. The molecule has 0 atom stereocenters. The molecule has 0 bridgehead atoms. The van der Waals surface area contributed by atoms with Gasteiger partial charge in [-0.05, 0) is 26.2 Å². The maximum Gasteiger partial charge on any atom is 0.254 e. The van der Waals surface area contributed by atoms with Crippen LogP contribution in [0.4, 0.5) is 0 Å². The number of aromatic nitrogens is 4. The third kappa shape index (κ3) is 2.38. The molecule has 2 aromatic rings. The third-order valence-corrected chi connectivity index (χ3v) is 5.27. The van der Waals surface area contributed by atoms with Gasteiger partial charge in [0.25, 0.3) is 5.56 Å². The summed E-state index contributed by atoms with van der Waals surface area (Å²) in [4.78, 5) is 24.0. The van der Waals surface area contributed by atoms with Gasteiger partial charge >= 0.3 is 0 Å². The molecule has 0 amide bonds. The van der Waals surface area contributed by atoms with Crippen molar-refractivity contribution in [2.24, 2.45) is 0 Å². The first-order valence-corrected chi connectivity index (χ1v) is 8.56. The van der Waals surface area contributed by atoms with Crippen LogP contribution in [-0.2, 0) is 23.3 Å². The van der Waals surface area contributed by atoms with Crippen LogP contribution in [0, 0.1) is 6.92 Å². The summed E-state index contributed by atoms with van der Waals surface area (Å²) in [6.45, 7) is 3.52. The Balaban J connectivity index is 1.55. The monoisotopic (exact) mass is 318 g/mol. The van der Waals surface area contributed by atoms with Crippen molar-refractivity contribution in [2.75, 3.05) is 13.2 Å². The molecular formula is C15H18N4O2S. The first-order chi connectivity index (χ1) is 10.7. The molecule has 1 aliphatic carbocycles. The Hall–Kier alpha value is -1.60. The summed E-state index contributed by atoms with van der Waals surface area (Å²) >= 11 is 1.57. The van der Waals surface area contributed by atoms with Crippen molar-refractivity contribution in [1.29, 1.82) is 0 Å². The summed E-state index contributed by atoms with van der Waals surface area (Å²) in [7, 11) is 0. The number of H-pyrrole nitrogens is 1.